The first-order valence-electron chi connectivity index (χ1n) is 8.41. The highest BCUT2D eigenvalue weighted by Gasteiger charge is 2.23. The van der Waals surface area contributed by atoms with Gasteiger partial charge in [0.1, 0.15) is 0 Å². The molecule has 0 unspecified atom stereocenters. The van der Waals surface area contributed by atoms with Gasteiger partial charge in [0.2, 0.25) is 11.8 Å². The number of benzene rings is 2. The smallest absolute Gasteiger partial charge is 0.248 e. The van der Waals surface area contributed by atoms with Crippen molar-refractivity contribution in [2.45, 2.75) is 12.8 Å². The van der Waals surface area contributed by atoms with E-state index in [1.807, 2.05) is 12.2 Å². The van der Waals surface area contributed by atoms with Crippen molar-refractivity contribution in [3.05, 3.63) is 78.7 Å². The predicted octanol–water partition coefficient (Wildman–Crippen LogP) is 4.24. The van der Waals surface area contributed by atoms with E-state index < -0.39 is 11.8 Å². The number of ketones is 1. The van der Waals surface area contributed by atoms with Gasteiger partial charge in [-0.05, 0) is 60.4 Å². The molecule has 1 fully saturated rings. The first-order chi connectivity index (χ1) is 13.3. The van der Waals surface area contributed by atoms with Crippen LogP contribution in [0.2, 0.25) is 0 Å². The molecule has 0 bridgehead atoms. The molecule has 0 aliphatic heterocycles. The van der Waals surface area contributed by atoms with Gasteiger partial charge in [0, 0.05) is 31.2 Å². The third-order valence-electron chi connectivity index (χ3n) is 4.48. The molecule has 4 N–H and O–H groups in total. The summed E-state index contributed by atoms with van der Waals surface area (Å²) in [5.41, 5.74) is 14.4. The monoisotopic (exact) mass is 502 g/mol. The topological polar surface area (TPSA) is 103 Å². The number of rotatable bonds is 4. The van der Waals surface area contributed by atoms with Gasteiger partial charge in [0.25, 0.3) is 0 Å². The molecule has 5 nitrogen and oxygen atoms in total. The molecule has 2 amide bonds. The Morgan fingerprint density at radius 1 is 0.786 bits per heavy atom. The second kappa shape index (κ2) is 8.24. The number of Topliss-reactive ketones (excluding diaryl/α,β-unsaturated/α-hetero) is 1. The van der Waals surface area contributed by atoms with Crippen molar-refractivity contribution < 1.29 is 14.4 Å². The van der Waals surface area contributed by atoms with Crippen LogP contribution in [0.25, 0.3) is 12.2 Å². The van der Waals surface area contributed by atoms with E-state index in [1.165, 1.54) is 0 Å². The Bertz CT molecular complexity index is 988. The molecule has 1 aliphatic rings. The van der Waals surface area contributed by atoms with E-state index in [1.54, 1.807) is 36.4 Å². The third-order valence-corrected chi connectivity index (χ3v) is 5.85. The molecule has 142 valence electrons. The van der Waals surface area contributed by atoms with Gasteiger partial charge in [-0.15, -0.1) is 0 Å². The lowest BCUT2D eigenvalue weighted by molar-refractivity contribution is -0.111. The second-order valence-corrected chi connectivity index (χ2v) is 8.08. The minimum Gasteiger partial charge on any atom is -0.366 e. The molecule has 0 radical (unpaired) electrons. The van der Waals surface area contributed by atoms with Crippen LogP contribution >= 0.6 is 31.9 Å². The molecule has 7 heteroatoms. The van der Waals surface area contributed by atoms with Gasteiger partial charge in [0.05, 0.1) is 0 Å². The Labute approximate surface area is 178 Å². The minimum absolute atomic E-state index is 0.0169. The van der Waals surface area contributed by atoms with E-state index in [2.05, 4.69) is 31.9 Å². The Morgan fingerprint density at radius 2 is 1.18 bits per heavy atom. The van der Waals surface area contributed by atoms with Gasteiger partial charge in [0.15, 0.2) is 5.78 Å². The van der Waals surface area contributed by atoms with Crippen molar-refractivity contribution in [2.24, 2.45) is 11.5 Å². The lowest BCUT2D eigenvalue weighted by Crippen LogP contribution is -2.10. The standard InChI is InChI=1S/C21H16Br2N2O3/c22-17-9-15(20(24)27)5-1-11(17)7-13-3-4-14(19(13)26)8-12-2-6-16(21(25)28)10-18(12)23/h1-2,5-10H,3-4H2,(H2,24,27)(H2,25,28). The summed E-state index contributed by atoms with van der Waals surface area (Å²) in [6, 6.07) is 10.1. The van der Waals surface area contributed by atoms with E-state index >= 15 is 0 Å². The molecule has 2 aromatic rings. The van der Waals surface area contributed by atoms with E-state index in [9.17, 15) is 14.4 Å². The number of carbonyl (C=O) groups is 3. The van der Waals surface area contributed by atoms with Crippen LogP contribution in [0, 0.1) is 0 Å². The van der Waals surface area contributed by atoms with Crippen LogP contribution < -0.4 is 11.5 Å². The molecule has 0 heterocycles. The molecule has 0 spiro atoms. The summed E-state index contributed by atoms with van der Waals surface area (Å²) in [5.74, 6) is -1.03. The second-order valence-electron chi connectivity index (χ2n) is 6.37. The minimum atomic E-state index is -0.505. The summed E-state index contributed by atoms with van der Waals surface area (Å²) < 4.78 is 1.40. The van der Waals surface area contributed by atoms with Gasteiger partial charge in [-0.1, -0.05) is 44.0 Å². The molecular formula is C21H16Br2N2O3. The van der Waals surface area contributed by atoms with Crippen LogP contribution in [0.3, 0.4) is 0 Å². The van der Waals surface area contributed by atoms with Crippen LogP contribution in [-0.2, 0) is 4.79 Å². The fraction of sp³-hybridized carbons (Fsp3) is 0.0952. The molecule has 0 saturated heterocycles. The molecule has 3 rings (SSSR count). The lowest BCUT2D eigenvalue weighted by atomic mass is 10.0. The summed E-state index contributed by atoms with van der Waals surface area (Å²) >= 11 is 6.83. The largest absolute Gasteiger partial charge is 0.366 e. The van der Waals surface area contributed by atoms with Crippen molar-refractivity contribution in [1.82, 2.24) is 0 Å². The molecule has 0 atom stereocenters. The van der Waals surface area contributed by atoms with Gasteiger partial charge in [-0.3, -0.25) is 14.4 Å². The van der Waals surface area contributed by atoms with E-state index in [0.717, 1.165) is 11.1 Å². The van der Waals surface area contributed by atoms with Crippen LogP contribution in [0.15, 0.2) is 56.5 Å². The zero-order valence-corrected chi connectivity index (χ0v) is 17.8. The zero-order valence-electron chi connectivity index (χ0n) is 14.7. The number of primary amides is 2. The summed E-state index contributed by atoms with van der Waals surface area (Å²) in [6.45, 7) is 0. The number of halogens is 2. The summed E-state index contributed by atoms with van der Waals surface area (Å²) in [6.07, 6.45) is 4.91. The van der Waals surface area contributed by atoms with Crippen LogP contribution in [0.1, 0.15) is 44.7 Å². The van der Waals surface area contributed by atoms with Crippen molar-refractivity contribution >= 4 is 61.6 Å². The molecule has 28 heavy (non-hydrogen) atoms. The number of carbonyl (C=O) groups excluding carboxylic acids is 3. The van der Waals surface area contributed by atoms with Crippen molar-refractivity contribution in [3.8, 4) is 0 Å². The Hall–Kier alpha value is -2.51. The third kappa shape index (κ3) is 4.31. The molecule has 1 aliphatic carbocycles. The number of hydrogen-bond donors (Lipinski definition) is 2. The number of nitrogens with two attached hydrogens (primary N) is 2. The van der Waals surface area contributed by atoms with E-state index in [0.29, 0.717) is 44.1 Å². The highest BCUT2D eigenvalue weighted by Crippen LogP contribution is 2.32. The van der Waals surface area contributed by atoms with Crippen molar-refractivity contribution in [3.63, 3.8) is 0 Å². The fourth-order valence-electron chi connectivity index (χ4n) is 2.95. The lowest BCUT2D eigenvalue weighted by Gasteiger charge is -2.04. The number of allylic oxidation sites excluding steroid dienone is 2. The first-order valence-corrected chi connectivity index (χ1v) is 9.99. The van der Waals surface area contributed by atoms with Crippen LogP contribution in [0.4, 0.5) is 0 Å². The maximum absolute atomic E-state index is 12.8. The van der Waals surface area contributed by atoms with Crippen LogP contribution in [-0.4, -0.2) is 17.6 Å². The van der Waals surface area contributed by atoms with Crippen molar-refractivity contribution in [2.75, 3.05) is 0 Å². The zero-order chi connectivity index (χ0) is 20.4. The summed E-state index contributed by atoms with van der Waals surface area (Å²) in [5, 5.41) is 0. The maximum Gasteiger partial charge on any atom is 0.248 e. The van der Waals surface area contributed by atoms with Gasteiger partial charge < -0.3 is 11.5 Å². The molecular weight excluding hydrogens is 488 g/mol. The maximum atomic E-state index is 12.8. The normalized spacial score (nSPS) is 16.7. The molecule has 0 aromatic heterocycles. The number of amides is 2. The SMILES string of the molecule is NC(=O)c1ccc(C=C2CCC(=Cc3ccc(C(N)=O)cc3Br)C2=O)c(Br)c1. The highest BCUT2D eigenvalue weighted by atomic mass is 79.9. The van der Waals surface area contributed by atoms with Gasteiger partial charge in [-0.25, -0.2) is 0 Å². The Morgan fingerprint density at radius 3 is 1.50 bits per heavy atom. The Balaban J connectivity index is 1.87. The molecule has 1 saturated carbocycles. The van der Waals surface area contributed by atoms with Crippen molar-refractivity contribution in [1.29, 1.82) is 0 Å². The van der Waals surface area contributed by atoms with Gasteiger partial charge >= 0.3 is 0 Å². The number of hydrogen-bond acceptors (Lipinski definition) is 3. The average Bonchev–Trinajstić information content (AvgIpc) is 2.98. The summed E-state index contributed by atoms with van der Waals surface area (Å²) in [7, 11) is 0. The fourth-order valence-corrected chi connectivity index (χ4v) is 3.93. The first kappa shape index (κ1) is 20.2. The van der Waals surface area contributed by atoms with E-state index in [4.69, 9.17) is 11.5 Å². The molecule has 2 aromatic carbocycles. The predicted molar refractivity (Wildman–Crippen MR) is 116 cm³/mol. The highest BCUT2D eigenvalue weighted by molar-refractivity contribution is 9.10. The van der Waals surface area contributed by atoms with E-state index in [-0.39, 0.29) is 5.78 Å². The van der Waals surface area contributed by atoms with Gasteiger partial charge in [-0.2, -0.15) is 0 Å². The quantitative estimate of drug-likeness (QED) is 0.609. The Kier molecular flexibility index (Phi) is 5.96. The van der Waals surface area contributed by atoms with Crippen LogP contribution in [0.5, 0.6) is 0 Å². The average molecular weight is 504 g/mol. The summed E-state index contributed by atoms with van der Waals surface area (Å²) in [4.78, 5) is 35.3.